The average Bonchev–Trinajstić information content (AvgIpc) is 2.90. The Morgan fingerprint density at radius 3 is 2.00 bits per heavy atom. The molecule has 2 N–H and O–H groups in total. The molecule has 1 aliphatic carbocycles. The van der Waals surface area contributed by atoms with Crippen LogP contribution in [0, 0.1) is 20.8 Å². The summed E-state index contributed by atoms with van der Waals surface area (Å²) in [5, 5.41) is 3.72. The van der Waals surface area contributed by atoms with Gasteiger partial charge >= 0.3 is 0 Å². The Balaban J connectivity index is 1.61. The smallest absolute Gasteiger partial charge is 0.241 e. The van der Waals surface area contributed by atoms with E-state index < -0.39 is 16.1 Å². The molecule has 0 heterocycles. The minimum atomic E-state index is -3.79. The monoisotopic (exact) mass is 528 g/mol. The summed E-state index contributed by atoms with van der Waals surface area (Å²) in [6.07, 6.45) is 12.2. The van der Waals surface area contributed by atoms with Gasteiger partial charge < -0.3 is 5.32 Å². The van der Waals surface area contributed by atoms with Crippen LogP contribution in [0.1, 0.15) is 72.0 Å². The van der Waals surface area contributed by atoms with Crippen molar-refractivity contribution in [3.8, 4) is 0 Å². The van der Waals surface area contributed by atoms with Crippen LogP contribution in [-0.2, 0) is 10.0 Å². The zero-order chi connectivity index (χ0) is 27.0. The van der Waals surface area contributed by atoms with Crippen molar-refractivity contribution in [2.75, 3.05) is 6.54 Å². The molecular formula is C33H40N2O2S. The molecule has 0 saturated heterocycles. The van der Waals surface area contributed by atoms with Crippen LogP contribution in [0.5, 0.6) is 0 Å². The van der Waals surface area contributed by atoms with Crippen LogP contribution >= 0.6 is 0 Å². The highest BCUT2D eigenvalue weighted by Crippen LogP contribution is 2.32. The molecule has 200 valence electrons. The lowest BCUT2D eigenvalue weighted by Gasteiger charge is -2.30. The minimum Gasteiger partial charge on any atom is -0.308 e. The van der Waals surface area contributed by atoms with E-state index in [2.05, 4.69) is 40.4 Å². The van der Waals surface area contributed by atoms with Gasteiger partial charge in [-0.1, -0.05) is 102 Å². The van der Waals surface area contributed by atoms with Crippen molar-refractivity contribution < 1.29 is 8.42 Å². The van der Waals surface area contributed by atoms with Gasteiger partial charge in [0, 0.05) is 0 Å². The molecule has 0 saturated carbocycles. The van der Waals surface area contributed by atoms with Gasteiger partial charge in [-0.3, -0.25) is 0 Å². The number of benzene rings is 3. The van der Waals surface area contributed by atoms with E-state index in [-0.39, 0.29) is 6.04 Å². The van der Waals surface area contributed by atoms with Crippen LogP contribution in [0.15, 0.2) is 101 Å². The Morgan fingerprint density at radius 2 is 1.42 bits per heavy atom. The van der Waals surface area contributed by atoms with Crippen molar-refractivity contribution in [1.82, 2.24) is 10.0 Å². The number of aryl methyl sites for hydroxylation is 3. The highest BCUT2D eigenvalue weighted by molar-refractivity contribution is 7.89. The van der Waals surface area contributed by atoms with Crippen LogP contribution < -0.4 is 10.0 Å². The van der Waals surface area contributed by atoms with Gasteiger partial charge in [0.15, 0.2) is 0 Å². The summed E-state index contributed by atoms with van der Waals surface area (Å²) in [7, 11) is -3.79. The molecule has 0 amide bonds. The third kappa shape index (κ3) is 7.31. The molecule has 3 aromatic carbocycles. The fourth-order valence-corrected chi connectivity index (χ4v) is 7.18. The molecule has 0 fully saturated rings. The molecule has 2 unspecified atom stereocenters. The Morgan fingerprint density at radius 1 is 0.816 bits per heavy atom. The third-order valence-electron chi connectivity index (χ3n) is 7.20. The third-order valence-corrected chi connectivity index (χ3v) is 8.94. The minimum absolute atomic E-state index is 0.226. The Hall–Kier alpha value is -2.99. The van der Waals surface area contributed by atoms with E-state index in [9.17, 15) is 8.42 Å². The molecular weight excluding hydrogens is 488 g/mol. The van der Waals surface area contributed by atoms with Crippen molar-refractivity contribution in [1.29, 1.82) is 0 Å². The predicted octanol–water partition coefficient (Wildman–Crippen LogP) is 7.41. The predicted molar refractivity (Wildman–Crippen MR) is 158 cm³/mol. The topological polar surface area (TPSA) is 58.2 Å². The van der Waals surface area contributed by atoms with E-state index in [1.807, 2.05) is 81.4 Å². The number of nitrogens with one attached hydrogen (secondary N) is 2. The number of sulfonamides is 1. The summed E-state index contributed by atoms with van der Waals surface area (Å²) in [6, 6.07) is 23.2. The van der Waals surface area contributed by atoms with E-state index in [0.717, 1.165) is 66.5 Å². The van der Waals surface area contributed by atoms with Crippen molar-refractivity contribution in [3.63, 3.8) is 0 Å². The molecule has 4 nitrogen and oxygen atoms in total. The van der Waals surface area contributed by atoms with Crippen LogP contribution in [0.4, 0.5) is 0 Å². The van der Waals surface area contributed by atoms with E-state index >= 15 is 0 Å². The molecule has 0 aliphatic heterocycles. The molecule has 3 aromatic rings. The highest BCUT2D eigenvalue weighted by Gasteiger charge is 2.31. The van der Waals surface area contributed by atoms with Gasteiger partial charge in [0.2, 0.25) is 10.0 Å². The number of hydrogen-bond acceptors (Lipinski definition) is 3. The second kappa shape index (κ2) is 13.2. The first-order valence-electron chi connectivity index (χ1n) is 13.6. The van der Waals surface area contributed by atoms with E-state index in [4.69, 9.17) is 0 Å². The molecule has 4 rings (SSSR count). The first kappa shape index (κ1) is 28.0. The first-order valence-corrected chi connectivity index (χ1v) is 15.1. The van der Waals surface area contributed by atoms with Crippen molar-refractivity contribution in [3.05, 3.63) is 124 Å². The molecule has 0 spiro atoms. The summed E-state index contributed by atoms with van der Waals surface area (Å²) in [6.45, 7) is 6.54. The molecule has 0 bridgehead atoms. The number of rotatable bonds is 12. The fraction of sp³-hybridized carbons (Fsp3) is 0.333. The van der Waals surface area contributed by atoms with Crippen LogP contribution in [0.25, 0.3) is 0 Å². The number of allylic oxidation sites excluding steroid dienone is 4. The van der Waals surface area contributed by atoms with E-state index in [0.29, 0.717) is 4.90 Å². The number of hydrogen-bond donors (Lipinski definition) is 2. The van der Waals surface area contributed by atoms with E-state index in [1.165, 1.54) is 5.57 Å². The Bertz CT molecular complexity index is 1340. The van der Waals surface area contributed by atoms with Gasteiger partial charge in [0.05, 0.1) is 17.0 Å². The summed E-state index contributed by atoms with van der Waals surface area (Å²) < 4.78 is 30.9. The zero-order valence-corrected chi connectivity index (χ0v) is 23.6. The second-order valence-corrected chi connectivity index (χ2v) is 12.0. The quantitative estimate of drug-likeness (QED) is 0.241. The maximum Gasteiger partial charge on any atom is 0.241 e. The standard InChI is InChI=1S/C33H40N2O2S/c1-25-23-26(2)33(27(3)24-25)38(36,37)35-32(30-20-11-6-12-21-30)31(29-18-9-5-10-19-29)34-22-14-13-17-28-15-7-4-8-16-28/h4-7,9-12,15,18-21,23-24,31-32,34-35H,8,13-14,16-17,22H2,1-3H3. The van der Waals surface area contributed by atoms with Gasteiger partial charge in [-0.25, -0.2) is 13.1 Å². The van der Waals surface area contributed by atoms with Gasteiger partial charge in [0.1, 0.15) is 0 Å². The lowest BCUT2D eigenvalue weighted by atomic mass is 9.93. The van der Waals surface area contributed by atoms with Crippen LogP contribution in [0.3, 0.4) is 0 Å². The normalized spacial score (nSPS) is 15.2. The van der Waals surface area contributed by atoms with Crippen molar-refractivity contribution in [2.45, 2.75) is 69.9 Å². The molecule has 0 radical (unpaired) electrons. The lowest BCUT2D eigenvalue weighted by Crippen LogP contribution is -2.39. The molecule has 2 atom stereocenters. The maximum atomic E-state index is 13.9. The van der Waals surface area contributed by atoms with Crippen LogP contribution in [-0.4, -0.2) is 15.0 Å². The molecule has 5 heteroatoms. The fourth-order valence-electron chi connectivity index (χ4n) is 5.49. The van der Waals surface area contributed by atoms with E-state index in [1.54, 1.807) is 0 Å². The molecule has 0 aromatic heterocycles. The van der Waals surface area contributed by atoms with Crippen molar-refractivity contribution in [2.24, 2.45) is 0 Å². The largest absolute Gasteiger partial charge is 0.308 e. The summed E-state index contributed by atoms with van der Waals surface area (Å²) in [5.41, 5.74) is 6.09. The van der Waals surface area contributed by atoms with Gasteiger partial charge in [-0.15, -0.1) is 0 Å². The molecule has 1 aliphatic rings. The van der Waals surface area contributed by atoms with Crippen LogP contribution in [0.2, 0.25) is 0 Å². The number of unbranched alkanes of at least 4 members (excludes halogenated alkanes) is 1. The Labute approximate surface area is 228 Å². The second-order valence-electron chi connectivity index (χ2n) is 10.3. The molecule has 38 heavy (non-hydrogen) atoms. The lowest BCUT2D eigenvalue weighted by molar-refractivity contribution is 0.417. The summed E-state index contributed by atoms with van der Waals surface area (Å²) in [5.74, 6) is 0. The first-order chi connectivity index (χ1) is 18.3. The Kier molecular flexibility index (Phi) is 9.73. The zero-order valence-electron chi connectivity index (χ0n) is 22.8. The van der Waals surface area contributed by atoms with Gasteiger partial charge in [0.25, 0.3) is 0 Å². The highest BCUT2D eigenvalue weighted by atomic mass is 32.2. The SMILES string of the molecule is Cc1cc(C)c(S(=O)(=O)NC(c2ccccc2)C(NCCCCC2=CC=CCC2)c2ccccc2)c(C)c1. The van der Waals surface area contributed by atoms with Crippen molar-refractivity contribution >= 4 is 10.0 Å². The maximum absolute atomic E-state index is 13.9. The summed E-state index contributed by atoms with van der Waals surface area (Å²) in [4.78, 5) is 0.366. The van der Waals surface area contributed by atoms with Gasteiger partial charge in [-0.2, -0.15) is 0 Å². The summed E-state index contributed by atoms with van der Waals surface area (Å²) >= 11 is 0. The van der Waals surface area contributed by atoms with Gasteiger partial charge in [-0.05, 0) is 81.7 Å². The average molecular weight is 529 g/mol.